The van der Waals surface area contributed by atoms with Crippen LogP contribution in [-0.4, -0.2) is 0 Å². The fourth-order valence-corrected chi connectivity index (χ4v) is 9.61. The van der Waals surface area contributed by atoms with Crippen molar-refractivity contribution in [2.45, 2.75) is 18.8 Å². The minimum Gasteiger partial charge on any atom is -0.455 e. The molecule has 0 spiro atoms. The van der Waals surface area contributed by atoms with Crippen molar-refractivity contribution in [2.24, 2.45) is 0 Å². The van der Waals surface area contributed by atoms with Crippen LogP contribution >= 0.6 is 0 Å². The summed E-state index contributed by atoms with van der Waals surface area (Å²) in [5.41, 5.74) is 15.9. The van der Waals surface area contributed by atoms with Gasteiger partial charge in [0.25, 0.3) is 0 Å². The van der Waals surface area contributed by atoms with Gasteiger partial charge in [0.2, 0.25) is 0 Å². The van der Waals surface area contributed by atoms with E-state index in [9.17, 15) is 0 Å². The number of fused-ring (bicyclic) bond motifs is 8. The van der Waals surface area contributed by atoms with Crippen molar-refractivity contribution in [1.82, 2.24) is 0 Å². The van der Waals surface area contributed by atoms with E-state index in [4.69, 9.17) is 4.42 Å². The second kappa shape index (κ2) is 13.3. The Morgan fingerprint density at radius 2 is 1.05 bits per heavy atom. The van der Waals surface area contributed by atoms with Gasteiger partial charge in [0, 0.05) is 32.9 Å². The maximum Gasteiger partial charge on any atom is 0.143 e. The minimum atomic E-state index is -0.518. The van der Waals surface area contributed by atoms with Gasteiger partial charge in [-0.25, -0.2) is 0 Å². The van der Waals surface area contributed by atoms with E-state index in [2.05, 4.69) is 218 Å². The van der Waals surface area contributed by atoms with E-state index in [1.165, 1.54) is 55.5 Å². The summed E-state index contributed by atoms with van der Waals surface area (Å²) in [6, 6.07) is 75.4. The summed E-state index contributed by atoms with van der Waals surface area (Å²) in [5.74, 6) is 0. The number of anilines is 3. The minimum absolute atomic E-state index is 0.518. The molecule has 0 aliphatic heterocycles. The zero-order chi connectivity index (χ0) is 37.9. The van der Waals surface area contributed by atoms with Gasteiger partial charge in [-0.1, -0.05) is 177 Å². The monoisotopic (exact) mass is 729 g/mol. The molecule has 10 aromatic rings. The summed E-state index contributed by atoms with van der Waals surface area (Å²) in [6.45, 7) is 2.23. The smallest absolute Gasteiger partial charge is 0.143 e. The molecular weight excluding hydrogens is 691 g/mol. The number of nitrogens with zero attached hydrogens (tertiary/aromatic N) is 1. The van der Waals surface area contributed by atoms with Crippen molar-refractivity contribution in [1.29, 1.82) is 0 Å². The second-order valence-electron chi connectivity index (χ2n) is 15.1. The molecule has 1 aromatic heterocycles. The van der Waals surface area contributed by atoms with Crippen LogP contribution in [0.5, 0.6) is 0 Å². The van der Waals surface area contributed by atoms with Gasteiger partial charge in [0.1, 0.15) is 11.2 Å². The van der Waals surface area contributed by atoms with Gasteiger partial charge in [0.05, 0.1) is 11.1 Å². The Bertz CT molecular complexity index is 3050. The van der Waals surface area contributed by atoms with E-state index in [-0.39, 0.29) is 0 Å². The predicted octanol–water partition coefficient (Wildman–Crippen LogP) is 14.8. The summed E-state index contributed by atoms with van der Waals surface area (Å²) < 4.78 is 6.72. The first-order valence-electron chi connectivity index (χ1n) is 19.9. The summed E-state index contributed by atoms with van der Waals surface area (Å²) in [7, 11) is 0. The number of aryl methyl sites for hydroxylation is 1. The zero-order valence-electron chi connectivity index (χ0n) is 31.7. The van der Waals surface area contributed by atoms with E-state index in [0.717, 1.165) is 50.8 Å². The molecule has 1 aliphatic carbocycles. The first kappa shape index (κ1) is 33.2. The van der Waals surface area contributed by atoms with Gasteiger partial charge in [-0.3, -0.25) is 0 Å². The van der Waals surface area contributed by atoms with Crippen LogP contribution in [0.2, 0.25) is 0 Å². The average molecular weight is 730 g/mol. The van der Waals surface area contributed by atoms with Crippen LogP contribution in [0, 0.1) is 0 Å². The van der Waals surface area contributed by atoms with E-state index in [1.54, 1.807) is 0 Å². The number of hydrogen-bond donors (Lipinski definition) is 0. The number of furan rings is 1. The highest BCUT2D eigenvalue weighted by Crippen LogP contribution is 2.57. The van der Waals surface area contributed by atoms with Crippen molar-refractivity contribution in [2.75, 3.05) is 4.90 Å². The SMILES string of the molecule is CCc1cccc2oc3c4ccccc4c(N(c4ccc(-c5ccccc5)cc4)c4ccc5c(c4)C(c4ccccc4)(c4ccccc4)c4ccccc4-5)cc3c12. The summed E-state index contributed by atoms with van der Waals surface area (Å²) in [4.78, 5) is 2.47. The van der Waals surface area contributed by atoms with Crippen LogP contribution in [0.3, 0.4) is 0 Å². The lowest BCUT2D eigenvalue weighted by Crippen LogP contribution is -2.28. The van der Waals surface area contributed by atoms with Crippen molar-refractivity contribution < 1.29 is 4.42 Å². The normalized spacial score (nSPS) is 12.9. The van der Waals surface area contributed by atoms with Crippen molar-refractivity contribution >= 4 is 49.8 Å². The summed E-state index contributed by atoms with van der Waals surface area (Å²) in [6.07, 6.45) is 0.922. The van der Waals surface area contributed by atoms with Crippen molar-refractivity contribution in [3.63, 3.8) is 0 Å². The third-order valence-corrected chi connectivity index (χ3v) is 12.1. The Kier molecular flexibility index (Phi) is 7.72. The van der Waals surface area contributed by atoms with E-state index >= 15 is 0 Å². The Labute approximate surface area is 332 Å². The summed E-state index contributed by atoms with van der Waals surface area (Å²) >= 11 is 0. The lowest BCUT2D eigenvalue weighted by molar-refractivity contribution is 0.672. The van der Waals surface area contributed by atoms with Crippen LogP contribution in [0.25, 0.3) is 55.0 Å². The van der Waals surface area contributed by atoms with Crippen molar-refractivity contribution in [3.8, 4) is 22.3 Å². The average Bonchev–Trinajstić information content (AvgIpc) is 3.82. The number of benzene rings is 9. The fraction of sp³-hybridized carbons (Fsp3) is 0.0545. The molecule has 1 heterocycles. The molecule has 57 heavy (non-hydrogen) atoms. The molecular formula is C55H39NO. The molecule has 0 bridgehead atoms. The molecule has 0 saturated heterocycles. The van der Waals surface area contributed by atoms with E-state index in [1.807, 2.05) is 0 Å². The quantitative estimate of drug-likeness (QED) is 0.162. The van der Waals surface area contributed by atoms with E-state index < -0.39 is 5.41 Å². The molecule has 2 nitrogen and oxygen atoms in total. The lowest BCUT2D eigenvalue weighted by atomic mass is 9.67. The first-order valence-corrected chi connectivity index (χ1v) is 19.9. The van der Waals surface area contributed by atoms with Gasteiger partial charge >= 0.3 is 0 Å². The standard InChI is InChI=1S/C55H39NO/c1-2-37-19-16-28-52-53(37)48-36-51(46-25-12-13-26-47(46)54(48)57-52)56(42-31-29-39(30-32-42)38-17-6-3-7-18-38)43-33-34-45-44-24-14-15-27-49(44)55(50(45)35-43,40-20-8-4-9-21-40)41-22-10-5-11-23-41/h3-36H,2H2,1H3. The third kappa shape index (κ3) is 5.04. The van der Waals surface area contributed by atoms with Crippen LogP contribution in [0.4, 0.5) is 17.1 Å². The van der Waals surface area contributed by atoms with Gasteiger partial charge in [-0.05, 0) is 92.9 Å². The largest absolute Gasteiger partial charge is 0.455 e. The molecule has 9 aromatic carbocycles. The van der Waals surface area contributed by atoms with Crippen molar-refractivity contribution in [3.05, 3.63) is 234 Å². The highest BCUT2D eigenvalue weighted by molar-refractivity contribution is 6.20. The molecule has 11 rings (SSSR count). The molecule has 0 N–H and O–H groups in total. The zero-order valence-corrected chi connectivity index (χ0v) is 31.7. The molecule has 0 saturated carbocycles. The van der Waals surface area contributed by atoms with Crippen LogP contribution < -0.4 is 4.90 Å². The van der Waals surface area contributed by atoms with Gasteiger partial charge in [-0.2, -0.15) is 0 Å². The fourth-order valence-electron chi connectivity index (χ4n) is 9.61. The Morgan fingerprint density at radius 3 is 1.77 bits per heavy atom. The molecule has 0 atom stereocenters. The van der Waals surface area contributed by atoms with E-state index in [0.29, 0.717) is 0 Å². The number of hydrogen-bond acceptors (Lipinski definition) is 2. The highest BCUT2D eigenvalue weighted by Gasteiger charge is 2.46. The second-order valence-corrected chi connectivity index (χ2v) is 15.1. The molecule has 0 unspecified atom stereocenters. The Morgan fingerprint density at radius 1 is 0.456 bits per heavy atom. The summed E-state index contributed by atoms with van der Waals surface area (Å²) in [5, 5.41) is 4.57. The first-order chi connectivity index (χ1) is 28.2. The number of rotatable bonds is 7. The van der Waals surface area contributed by atoms with Gasteiger partial charge < -0.3 is 9.32 Å². The molecule has 0 amide bonds. The van der Waals surface area contributed by atoms with Gasteiger partial charge in [-0.15, -0.1) is 0 Å². The molecule has 0 radical (unpaired) electrons. The Hall–Kier alpha value is -7.16. The molecule has 1 aliphatic rings. The molecule has 0 fully saturated rings. The Balaban J connectivity index is 1.22. The topological polar surface area (TPSA) is 16.4 Å². The molecule has 2 heteroatoms. The van der Waals surface area contributed by atoms with Crippen LogP contribution in [0.1, 0.15) is 34.7 Å². The van der Waals surface area contributed by atoms with Gasteiger partial charge in [0.15, 0.2) is 0 Å². The lowest BCUT2D eigenvalue weighted by Gasteiger charge is -2.35. The predicted molar refractivity (Wildman–Crippen MR) is 238 cm³/mol. The maximum atomic E-state index is 6.72. The van der Waals surface area contributed by atoms with Crippen LogP contribution in [0.15, 0.2) is 211 Å². The van der Waals surface area contributed by atoms with Crippen LogP contribution in [-0.2, 0) is 11.8 Å². The maximum absolute atomic E-state index is 6.72. The third-order valence-electron chi connectivity index (χ3n) is 12.1. The highest BCUT2D eigenvalue weighted by atomic mass is 16.3. The molecule has 270 valence electrons.